The van der Waals surface area contributed by atoms with Crippen LogP contribution in [0, 0.1) is 11.6 Å². The zero-order chi connectivity index (χ0) is 14.4. The van der Waals surface area contributed by atoms with Crippen molar-refractivity contribution in [2.45, 2.75) is 26.2 Å². The van der Waals surface area contributed by atoms with Gasteiger partial charge in [-0.2, -0.15) is 0 Å². The van der Waals surface area contributed by atoms with E-state index in [1.807, 2.05) is 20.8 Å². The summed E-state index contributed by atoms with van der Waals surface area (Å²) < 4.78 is 28.2. The van der Waals surface area contributed by atoms with Crippen LogP contribution in [0.5, 0.6) is 0 Å². The summed E-state index contributed by atoms with van der Waals surface area (Å²) in [6.07, 6.45) is 0. The van der Waals surface area contributed by atoms with Gasteiger partial charge >= 0.3 is 0 Å². The number of imidazole rings is 1. The maximum Gasteiger partial charge on any atom is 0.168 e. The van der Waals surface area contributed by atoms with Crippen LogP contribution in [-0.2, 0) is 5.41 Å². The van der Waals surface area contributed by atoms with E-state index < -0.39 is 11.6 Å². The Hall–Kier alpha value is -2.11. The number of benzene rings is 1. The Kier molecular flexibility index (Phi) is 2.96. The highest BCUT2D eigenvalue weighted by Gasteiger charge is 2.26. The van der Waals surface area contributed by atoms with Gasteiger partial charge in [0.1, 0.15) is 11.5 Å². The summed E-state index contributed by atoms with van der Waals surface area (Å²) in [6, 6.07) is 3.86. The zero-order valence-electron chi connectivity index (χ0n) is 11.0. The first-order chi connectivity index (χ1) is 8.73. The molecule has 0 aliphatic rings. The van der Waals surface area contributed by atoms with Gasteiger partial charge in [0.15, 0.2) is 17.5 Å². The van der Waals surface area contributed by atoms with Crippen LogP contribution in [0.15, 0.2) is 18.2 Å². The van der Waals surface area contributed by atoms with Crippen LogP contribution in [0.2, 0.25) is 0 Å². The summed E-state index contributed by atoms with van der Waals surface area (Å²) >= 11 is 0. The molecule has 0 atom stereocenters. The van der Waals surface area contributed by atoms with Gasteiger partial charge in [0.25, 0.3) is 0 Å². The molecule has 2 aromatic rings. The number of nitrogens with zero attached hydrogens (tertiary/aromatic N) is 2. The van der Waals surface area contributed by atoms with E-state index in [9.17, 15) is 8.78 Å². The van der Waals surface area contributed by atoms with Crippen molar-refractivity contribution in [2.75, 3.05) is 11.6 Å². The molecule has 0 radical (unpaired) electrons. The average molecular weight is 266 g/mol. The quantitative estimate of drug-likeness (QED) is 0.779. The molecule has 0 saturated heterocycles. The zero-order valence-corrected chi connectivity index (χ0v) is 11.0. The molecule has 1 aromatic heterocycles. The summed E-state index contributed by atoms with van der Waals surface area (Å²) in [4.78, 5) is 4.26. The Morgan fingerprint density at radius 2 is 1.84 bits per heavy atom. The molecule has 0 amide bonds. The Bertz CT molecular complexity index is 626. The fourth-order valence-corrected chi connectivity index (χ4v) is 1.86. The highest BCUT2D eigenvalue weighted by molar-refractivity contribution is 5.71. The second-order valence-corrected chi connectivity index (χ2v) is 5.39. The first-order valence-electron chi connectivity index (χ1n) is 5.81. The second kappa shape index (κ2) is 4.22. The SMILES string of the molecule is CC(C)(C)c1nc(-c2cccc(F)c2F)c(N)n1N. The van der Waals surface area contributed by atoms with Crippen LogP contribution in [0.4, 0.5) is 14.6 Å². The van der Waals surface area contributed by atoms with E-state index in [4.69, 9.17) is 11.6 Å². The van der Waals surface area contributed by atoms with Gasteiger partial charge in [-0.3, -0.25) is 0 Å². The van der Waals surface area contributed by atoms with Gasteiger partial charge in [-0.1, -0.05) is 26.8 Å². The lowest BCUT2D eigenvalue weighted by atomic mass is 9.96. The smallest absolute Gasteiger partial charge is 0.168 e. The number of rotatable bonds is 1. The molecule has 4 N–H and O–H groups in total. The summed E-state index contributed by atoms with van der Waals surface area (Å²) in [6.45, 7) is 5.72. The minimum Gasteiger partial charge on any atom is -0.382 e. The van der Waals surface area contributed by atoms with Crippen LogP contribution in [0.1, 0.15) is 26.6 Å². The third-order valence-electron chi connectivity index (χ3n) is 2.83. The lowest BCUT2D eigenvalue weighted by molar-refractivity contribution is 0.510. The maximum absolute atomic E-state index is 13.8. The van der Waals surface area contributed by atoms with Crippen LogP contribution in [0.25, 0.3) is 11.3 Å². The Morgan fingerprint density at radius 1 is 1.21 bits per heavy atom. The summed E-state index contributed by atoms with van der Waals surface area (Å²) in [5.41, 5.74) is 5.64. The van der Waals surface area contributed by atoms with Gasteiger partial charge in [0.2, 0.25) is 0 Å². The van der Waals surface area contributed by atoms with Gasteiger partial charge in [0, 0.05) is 11.0 Å². The fraction of sp³-hybridized carbons (Fsp3) is 0.308. The molecule has 0 spiro atoms. The molecular formula is C13H16F2N4. The maximum atomic E-state index is 13.8. The lowest BCUT2D eigenvalue weighted by Gasteiger charge is -2.17. The van der Waals surface area contributed by atoms with E-state index in [-0.39, 0.29) is 22.5 Å². The number of anilines is 1. The molecule has 19 heavy (non-hydrogen) atoms. The monoisotopic (exact) mass is 266 g/mol. The Balaban J connectivity index is 2.68. The molecule has 1 aromatic carbocycles. The van der Waals surface area contributed by atoms with E-state index in [0.29, 0.717) is 5.82 Å². The molecule has 0 unspecified atom stereocenters. The van der Waals surface area contributed by atoms with Crippen molar-refractivity contribution in [3.8, 4) is 11.3 Å². The highest BCUT2D eigenvalue weighted by atomic mass is 19.2. The molecule has 1 heterocycles. The number of aromatic nitrogens is 2. The largest absolute Gasteiger partial charge is 0.382 e. The van der Waals surface area contributed by atoms with Crippen molar-refractivity contribution < 1.29 is 8.78 Å². The van der Waals surface area contributed by atoms with E-state index in [2.05, 4.69) is 4.98 Å². The van der Waals surface area contributed by atoms with Crippen molar-refractivity contribution in [1.29, 1.82) is 0 Å². The van der Waals surface area contributed by atoms with Gasteiger partial charge in [-0.15, -0.1) is 0 Å². The molecule has 4 nitrogen and oxygen atoms in total. The molecule has 2 rings (SSSR count). The number of hydrogen-bond donors (Lipinski definition) is 2. The number of halogens is 2. The summed E-state index contributed by atoms with van der Waals surface area (Å²) in [5, 5.41) is 0. The molecule has 0 bridgehead atoms. The molecule has 0 fully saturated rings. The normalized spacial score (nSPS) is 11.8. The highest BCUT2D eigenvalue weighted by Crippen LogP contribution is 2.32. The van der Waals surface area contributed by atoms with Crippen molar-refractivity contribution in [3.63, 3.8) is 0 Å². The third-order valence-corrected chi connectivity index (χ3v) is 2.83. The van der Waals surface area contributed by atoms with Crippen LogP contribution < -0.4 is 11.6 Å². The number of nitrogens with two attached hydrogens (primary N) is 2. The first-order valence-corrected chi connectivity index (χ1v) is 5.81. The molecule has 102 valence electrons. The minimum absolute atomic E-state index is 0.00667. The molecule has 6 heteroatoms. The number of nitrogen functional groups attached to an aromatic ring is 2. The van der Waals surface area contributed by atoms with E-state index in [1.165, 1.54) is 16.8 Å². The standard InChI is InChI=1S/C13H16F2N4/c1-13(2,3)12-18-10(11(16)19(12)17)7-5-4-6-8(14)9(7)15/h4-6H,16-17H2,1-3H3. The van der Waals surface area contributed by atoms with Crippen LogP contribution >= 0.6 is 0 Å². The van der Waals surface area contributed by atoms with Gasteiger partial charge in [0.05, 0.1) is 0 Å². The van der Waals surface area contributed by atoms with E-state index >= 15 is 0 Å². The minimum atomic E-state index is -0.979. The summed E-state index contributed by atoms with van der Waals surface area (Å²) in [5.74, 6) is 4.51. The van der Waals surface area contributed by atoms with Gasteiger partial charge in [-0.05, 0) is 12.1 Å². The fourth-order valence-electron chi connectivity index (χ4n) is 1.86. The van der Waals surface area contributed by atoms with Crippen molar-refractivity contribution in [2.24, 2.45) is 0 Å². The molecular weight excluding hydrogens is 250 g/mol. The summed E-state index contributed by atoms with van der Waals surface area (Å²) in [7, 11) is 0. The molecule has 0 saturated carbocycles. The number of hydrogen-bond acceptors (Lipinski definition) is 3. The van der Waals surface area contributed by atoms with E-state index in [1.54, 1.807) is 0 Å². The lowest BCUT2D eigenvalue weighted by Crippen LogP contribution is -2.24. The Morgan fingerprint density at radius 3 is 2.37 bits per heavy atom. The topological polar surface area (TPSA) is 69.9 Å². The van der Waals surface area contributed by atoms with E-state index in [0.717, 1.165) is 6.07 Å². The first kappa shape index (κ1) is 13.3. The van der Waals surface area contributed by atoms with Crippen LogP contribution in [0.3, 0.4) is 0 Å². The predicted molar refractivity (Wildman–Crippen MR) is 70.8 cm³/mol. The second-order valence-electron chi connectivity index (χ2n) is 5.39. The van der Waals surface area contributed by atoms with Crippen LogP contribution in [-0.4, -0.2) is 9.66 Å². The average Bonchev–Trinajstić information content (AvgIpc) is 2.60. The Labute approximate surface area is 110 Å². The van der Waals surface area contributed by atoms with Gasteiger partial charge < -0.3 is 11.6 Å². The predicted octanol–water partition coefficient (Wildman–Crippen LogP) is 2.42. The molecule has 0 aliphatic carbocycles. The molecule has 0 aliphatic heterocycles. The van der Waals surface area contributed by atoms with Gasteiger partial charge in [-0.25, -0.2) is 18.4 Å². The van der Waals surface area contributed by atoms with Crippen molar-refractivity contribution in [3.05, 3.63) is 35.7 Å². The third kappa shape index (κ3) is 2.14. The van der Waals surface area contributed by atoms with Crippen molar-refractivity contribution >= 4 is 5.82 Å². The van der Waals surface area contributed by atoms with Crippen molar-refractivity contribution in [1.82, 2.24) is 9.66 Å².